The third kappa shape index (κ3) is 4.39. The van der Waals surface area contributed by atoms with E-state index in [9.17, 15) is 9.18 Å². The number of benzene rings is 3. The lowest BCUT2D eigenvalue weighted by Crippen LogP contribution is -2.23. The summed E-state index contributed by atoms with van der Waals surface area (Å²) in [4.78, 5) is 18.3. The minimum Gasteiger partial charge on any atom is -0.340 e. The molecule has 0 aliphatic heterocycles. The van der Waals surface area contributed by atoms with E-state index in [1.807, 2.05) is 31.2 Å². The number of rotatable bonds is 6. The average molecular weight is 545 g/mol. The lowest BCUT2D eigenvalue weighted by atomic mass is 10.1. The zero-order valence-corrected chi connectivity index (χ0v) is 22.0. The van der Waals surface area contributed by atoms with E-state index in [-0.39, 0.29) is 17.3 Å². The minimum atomic E-state index is -0.251. The molecule has 0 aliphatic carbocycles. The van der Waals surface area contributed by atoms with Crippen molar-refractivity contribution in [3.8, 4) is 0 Å². The van der Waals surface area contributed by atoms with Crippen LogP contribution >= 0.6 is 15.9 Å². The number of para-hydroxylation sites is 1. The minimum absolute atomic E-state index is 0.0591. The third-order valence-electron chi connectivity index (χ3n) is 6.72. The molecule has 0 N–H and O–H groups in total. The fourth-order valence-corrected chi connectivity index (χ4v) is 4.85. The van der Waals surface area contributed by atoms with E-state index in [2.05, 4.69) is 46.5 Å². The SMILES string of the molecule is CC[C@@H](C)c1nc2ccc(Br)cc2c(=O)n1N=Cc1c(C)n(Cc2ccc(F)cc2)c2ccccc12. The molecule has 36 heavy (non-hydrogen) atoms. The van der Waals surface area contributed by atoms with Crippen molar-refractivity contribution in [2.24, 2.45) is 5.10 Å². The zero-order valence-electron chi connectivity index (χ0n) is 20.4. The first-order valence-electron chi connectivity index (χ1n) is 12.0. The Labute approximate surface area is 217 Å². The van der Waals surface area contributed by atoms with Crippen molar-refractivity contribution in [3.05, 3.63) is 110 Å². The van der Waals surface area contributed by atoms with E-state index >= 15 is 0 Å². The highest BCUT2D eigenvalue weighted by Crippen LogP contribution is 2.26. The second kappa shape index (κ2) is 9.82. The molecule has 5 aromatic rings. The van der Waals surface area contributed by atoms with E-state index in [1.165, 1.54) is 16.8 Å². The number of hydrogen-bond donors (Lipinski definition) is 0. The van der Waals surface area contributed by atoms with E-state index in [0.29, 0.717) is 23.3 Å². The van der Waals surface area contributed by atoms with Gasteiger partial charge in [0.05, 0.1) is 17.1 Å². The first-order chi connectivity index (χ1) is 17.4. The van der Waals surface area contributed by atoms with Crippen LogP contribution in [0.2, 0.25) is 0 Å². The molecule has 2 aromatic heterocycles. The molecule has 1 atom stereocenters. The van der Waals surface area contributed by atoms with E-state index in [4.69, 9.17) is 10.1 Å². The lowest BCUT2D eigenvalue weighted by Gasteiger charge is -2.14. The molecule has 0 spiro atoms. The molecule has 0 amide bonds. The summed E-state index contributed by atoms with van der Waals surface area (Å²) in [5.41, 5.74) is 4.47. The number of halogens is 2. The van der Waals surface area contributed by atoms with Gasteiger partial charge >= 0.3 is 0 Å². The number of hydrogen-bond acceptors (Lipinski definition) is 3. The molecule has 0 saturated carbocycles. The molecular weight excluding hydrogens is 519 g/mol. The van der Waals surface area contributed by atoms with Gasteiger partial charge in [-0.05, 0) is 55.3 Å². The van der Waals surface area contributed by atoms with E-state index in [0.717, 1.165) is 38.6 Å². The maximum Gasteiger partial charge on any atom is 0.282 e. The molecule has 0 radical (unpaired) electrons. The first-order valence-corrected chi connectivity index (χ1v) is 12.8. The van der Waals surface area contributed by atoms with Crippen LogP contribution in [0.3, 0.4) is 0 Å². The Balaban J connectivity index is 1.66. The standard InChI is InChI=1S/C29H26BrFN4O/c1-4-18(2)28-33-26-14-11-21(30)15-24(26)29(36)35(28)32-16-25-19(3)34(27-8-6-5-7-23(25)27)17-20-9-12-22(31)13-10-20/h5-16,18H,4,17H2,1-3H3/t18-/m1/s1. The van der Waals surface area contributed by atoms with Gasteiger partial charge < -0.3 is 4.57 Å². The Kier molecular flexibility index (Phi) is 6.58. The fraction of sp³-hybridized carbons (Fsp3) is 0.207. The van der Waals surface area contributed by atoms with Crippen LogP contribution in [0, 0.1) is 12.7 Å². The van der Waals surface area contributed by atoms with Gasteiger partial charge in [-0.2, -0.15) is 9.78 Å². The molecule has 5 nitrogen and oxygen atoms in total. The first kappa shape index (κ1) is 24.1. The van der Waals surface area contributed by atoms with Crippen LogP contribution in [0.15, 0.2) is 81.1 Å². The van der Waals surface area contributed by atoms with Gasteiger partial charge in [-0.1, -0.05) is 60.1 Å². The van der Waals surface area contributed by atoms with Crippen LogP contribution in [0.5, 0.6) is 0 Å². The number of aromatic nitrogens is 3. The van der Waals surface area contributed by atoms with Crippen LogP contribution in [0.4, 0.5) is 4.39 Å². The highest BCUT2D eigenvalue weighted by molar-refractivity contribution is 9.10. The van der Waals surface area contributed by atoms with Crippen LogP contribution in [-0.4, -0.2) is 20.4 Å². The molecule has 3 aromatic carbocycles. The predicted molar refractivity (Wildman–Crippen MR) is 148 cm³/mol. The predicted octanol–water partition coefficient (Wildman–Crippen LogP) is 7.01. The summed E-state index contributed by atoms with van der Waals surface area (Å²) in [6, 6.07) is 20.2. The Hall–Kier alpha value is -3.58. The third-order valence-corrected chi connectivity index (χ3v) is 7.22. The molecule has 2 heterocycles. The molecule has 0 fully saturated rings. The molecule has 0 saturated heterocycles. The highest BCUT2D eigenvalue weighted by atomic mass is 79.9. The quantitative estimate of drug-likeness (QED) is 0.216. The van der Waals surface area contributed by atoms with Gasteiger partial charge in [0.25, 0.3) is 5.56 Å². The second-order valence-corrected chi connectivity index (χ2v) is 9.95. The van der Waals surface area contributed by atoms with Gasteiger partial charge in [-0.3, -0.25) is 4.79 Å². The molecule has 7 heteroatoms. The molecule has 0 bridgehead atoms. The van der Waals surface area contributed by atoms with E-state index in [1.54, 1.807) is 24.4 Å². The maximum absolute atomic E-state index is 13.5. The monoisotopic (exact) mass is 544 g/mol. The Bertz CT molecular complexity index is 1670. The van der Waals surface area contributed by atoms with Crippen molar-refractivity contribution in [2.75, 3.05) is 0 Å². The highest BCUT2D eigenvalue weighted by Gasteiger charge is 2.17. The van der Waals surface area contributed by atoms with Gasteiger partial charge in [0.2, 0.25) is 0 Å². The largest absolute Gasteiger partial charge is 0.340 e. The Morgan fingerprint density at radius 1 is 1.08 bits per heavy atom. The van der Waals surface area contributed by atoms with Gasteiger partial charge in [0, 0.05) is 39.1 Å². The van der Waals surface area contributed by atoms with Crippen molar-refractivity contribution in [1.29, 1.82) is 0 Å². The van der Waals surface area contributed by atoms with Gasteiger partial charge in [0.1, 0.15) is 11.6 Å². The molecule has 0 unspecified atom stereocenters. The van der Waals surface area contributed by atoms with Gasteiger partial charge in [-0.15, -0.1) is 0 Å². The number of nitrogens with zero attached hydrogens (tertiary/aromatic N) is 4. The lowest BCUT2D eigenvalue weighted by molar-refractivity contribution is 0.613. The van der Waals surface area contributed by atoms with Crippen molar-refractivity contribution in [3.63, 3.8) is 0 Å². The van der Waals surface area contributed by atoms with Crippen LogP contribution in [0.1, 0.15) is 48.8 Å². The molecular formula is C29H26BrFN4O. The van der Waals surface area contributed by atoms with Crippen LogP contribution in [0.25, 0.3) is 21.8 Å². The normalized spacial score (nSPS) is 12.7. The second-order valence-electron chi connectivity index (χ2n) is 9.03. The summed E-state index contributed by atoms with van der Waals surface area (Å²) >= 11 is 3.46. The Morgan fingerprint density at radius 3 is 2.58 bits per heavy atom. The summed E-state index contributed by atoms with van der Waals surface area (Å²) in [6.07, 6.45) is 2.59. The summed E-state index contributed by atoms with van der Waals surface area (Å²) < 4.78 is 17.9. The molecule has 0 aliphatic rings. The summed E-state index contributed by atoms with van der Waals surface area (Å²) in [6.45, 7) is 6.77. The average Bonchev–Trinajstić information content (AvgIpc) is 3.15. The van der Waals surface area contributed by atoms with E-state index < -0.39 is 0 Å². The topological polar surface area (TPSA) is 52.2 Å². The summed E-state index contributed by atoms with van der Waals surface area (Å²) in [5, 5.41) is 6.26. The van der Waals surface area contributed by atoms with Gasteiger partial charge in [0.15, 0.2) is 0 Å². The molecule has 182 valence electrons. The van der Waals surface area contributed by atoms with Crippen molar-refractivity contribution >= 4 is 44.0 Å². The smallest absolute Gasteiger partial charge is 0.282 e. The number of fused-ring (bicyclic) bond motifs is 2. The Morgan fingerprint density at radius 2 is 1.83 bits per heavy atom. The van der Waals surface area contributed by atoms with Crippen LogP contribution in [-0.2, 0) is 6.54 Å². The summed E-state index contributed by atoms with van der Waals surface area (Å²) in [5.74, 6) is 0.448. The van der Waals surface area contributed by atoms with Crippen molar-refractivity contribution in [2.45, 2.75) is 39.7 Å². The molecule has 5 rings (SSSR count). The zero-order chi connectivity index (χ0) is 25.4. The van der Waals surface area contributed by atoms with Crippen LogP contribution < -0.4 is 5.56 Å². The fourth-order valence-electron chi connectivity index (χ4n) is 4.49. The maximum atomic E-state index is 13.5. The van der Waals surface area contributed by atoms with Gasteiger partial charge in [-0.25, -0.2) is 9.37 Å². The van der Waals surface area contributed by atoms with Crippen molar-refractivity contribution < 1.29 is 4.39 Å². The summed E-state index contributed by atoms with van der Waals surface area (Å²) in [7, 11) is 0. The van der Waals surface area contributed by atoms with Crippen molar-refractivity contribution in [1.82, 2.24) is 14.2 Å².